The molecule has 9 nitrogen and oxygen atoms in total. The van der Waals surface area contributed by atoms with Crippen molar-refractivity contribution in [3.8, 4) is 6.07 Å². The minimum Gasteiger partial charge on any atom is -0.391 e. The van der Waals surface area contributed by atoms with Gasteiger partial charge in [0.25, 0.3) is 0 Å². The number of amides is 1. The Labute approximate surface area is 269 Å². The fraction of sp³-hybridized carbons (Fsp3) is 0.515. The van der Waals surface area contributed by atoms with Gasteiger partial charge in [-0.2, -0.15) is 18.4 Å². The Morgan fingerprint density at radius 2 is 1.87 bits per heavy atom. The van der Waals surface area contributed by atoms with Crippen molar-refractivity contribution in [3.05, 3.63) is 52.3 Å². The van der Waals surface area contributed by atoms with Crippen LogP contribution in [0.3, 0.4) is 0 Å². The van der Waals surface area contributed by atoms with Gasteiger partial charge < -0.3 is 19.9 Å². The van der Waals surface area contributed by atoms with Crippen LogP contribution >= 0.6 is 11.3 Å². The average molecular weight is 654 g/mol. The first-order chi connectivity index (χ1) is 22.0. The van der Waals surface area contributed by atoms with E-state index in [2.05, 4.69) is 39.2 Å². The van der Waals surface area contributed by atoms with Crippen molar-refractivity contribution in [1.29, 1.82) is 5.26 Å². The maximum Gasteiger partial charge on any atom is 0.393 e. The predicted octanol–water partition coefficient (Wildman–Crippen LogP) is 5.63. The third-order valence-electron chi connectivity index (χ3n) is 9.56. The number of nitrogens with one attached hydrogen (secondary N) is 1. The first kappa shape index (κ1) is 32.2. The minimum atomic E-state index is -4.27. The molecule has 2 aliphatic rings. The number of fused-ring (bicyclic) bond motifs is 2. The maximum atomic E-state index is 12.9. The van der Waals surface area contributed by atoms with Gasteiger partial charge in [-0.05, 0) is 67.9 Å². The van der Waals surface area contributed by atoms with Crippen molar-refractivity contribution in [2.75, 3.05) is 31.5 Å². The summed E-state index contributed by atoms with van der Waals surface area (Å²) in [5.41, 5.74) is 3.76. The first-order valence-corrected chi connectivity index (χ1v) is 16.5. The fourth-order valence-electron chi connectivity index (χ4n) is 6.89. The molecule has 13 heteroatoms. The fourth-order valence-corrected chi connectivity index (χ4v) is 7.92. The monoisotopic (exact) mass is 653 g/mol. The van der Waals surface area contributed by atoms with Crippen molar-refractivity contribution in [3.63, 3.8) is 0 Å². The molecule has 5 heterocycles. The van der Waals surface area contributed by atoms with E-state index in [1.165, 1.54) is 11.9 Å². The Balaban J connectivity index is 1.08. The quantitative estimate of drug-likeness (QED) is 0.254. The molecule has 0 saturated carbocycles. The molecule has 0 spiro atoms. The Bertz CT molecular complexity index is 1760. The van der Waals surface area contributed by atoms with Crippen LogP contribution in [0.5, 0.6) is 0 Å². The predicted molar refractivity (Wildman–Crippen MR) is 171 cm³/mol. The number of aliphatic hydroxyl groups is 1. The molecule has 2 N–H and O–H groups in total. The third-order valence-corrected chi connectivity index (χ3v) is 10.6. The topological polar surface area (TPSA) is 110 Å². The number of piperidine rings is 2. The van der Waals surface area contributed by atoms with Crippen molar-refractivity contribution in [2.24, 2.45) is 5.92 Å². The summed E-state index contributed by atoms with van der Waals surface area (Å²) in [7, 11) is 0. The van der Waals surface area contributed by atoms with E-state index in [4.69, 9.17) is 0 Å². The molecule has 2 saturated heterocycles. The van der Waals surface area contributed by atoms with E-state index in [1.807, 2.05) is 21.6 Å². The Hall–Kier alpha value is -3.73. The number of hydrogen-bond donors (Lipinski definition) is 2. The van der Waals surface area contributed by atoms with E-state index in [0.29, 0.717) is 41.4 Å². The Morgan fingerprint density at radius 3 is 2.54 bits per heavy atom. The summed E-state index contributed by atoms with van der Waals surface area (Å²) in [6.07, 6.45) is -1.21. The number of alkyl halides is 3. The summed E-state index contributed by atoms with van der Waals surface area (Å²) in [5.74, 6) is 0.725. The van der Waals surface area contributed by atoms with Crippen LogP contribution in [0.25, 0.3) is 21.1 Å². The number of carbonyl (C=O) groups excluding carboxylic acids is 1. The van der Waals surface area contributed by atoms with Crippen LogP contribution in [0.2, 0.25) is 0 Å². The number of nitriles is 1. The maximum absolute atomic E-state index is 12.9. The molecule has 244 valence electrons. The van der Waals surface area contributed by atoms with E-state index in [0.717, 1.165) is 73.1 Å². The highest BCUT2D eigenvalue weighted by Crippen LogP contribution is 2.34. The zero-order valence-corrected chi connectivity index (χ0v) is 26.8. The van der Waals surface area contributed by atoms with Crippen LogP contribution < -0.4 is 5.32 Å². The Morgan fingerprint density at radius 1 is 1.13 bits per heavy atom. The van der Waals surface area contributed by atoms with Gasteiger partial charge in [0.1, 0.15) is 28.7 Å². The first-order valence-electron chi connectivity index (χ1n) is 15.7. The SMILES string of the molecule is CC(=O)N1CCC(C(O)Cn2c(C#N)cc3c(C)c(CN4CCC(Nc5ncnc6sc(CC(F)(F)F)cc56)CC4)ccc32)CC1. The number of aromatic nitrogens is 3. The second kappa shape index (κ2) is 13.2. The van der Waals surface area contributed by atoms with Gasteiger partial charge in [0.2, 0.25) is 5.91 Å². The highest BCUT2D eigenvalue weighted by atomic mass is 32.1. The number of aliphatic hydroxyl groups excluding tert-OH is 1. The number of halogens is 3. The molecule has 1 amide bonds. The van der Waals surface area contributed by atoms with Gasteiger partial charge in [0, 0.05) is 61.5 Å². The number of carbonyl (C=O) groups is 1. The van der Waals surface area contributed by atoms with Crippen LogP contribution in [0.1, 0.15) is 54.3 Å². The van der Waals surface area contributed by atoms with Crippen molar-refractivity contribution in [2.45, 2.75) is 77.4 Å². The molecule has 1 atom stereocenters. The van der Waals surface area contributed by atoms with E-state index >= 15 is 0 Å². The molecule has 0 radical (unpaired) electrons. The van der Waals surface area contributed by atoms with E-state index in [-0.39, 0.29) is 22.7 Å². The summed E-state index contributed by atoms with van der Waals surface area (Å²) < 4.78 is 40.7. The summed E-state index contributed by atoms with van der Waals surface area (Å²) in [6.45, 7) is 7.76. The number of hydrogen-bond acceptors (Lipinski definition) is 8. The smallest absolute Gasteiger partial charge is 0.391 e. The number of thiophene rings is 1. The number of rotatable bonds is 8. The summed E-state index contributed by atoms with van der Waals surface area (Å²) in [4.78, 5) is 25.2. The molecule has 2 aliphatic heterocycles. The van der Waals surface area contributed by atoms with E-state index in [9.17, 15) is 28.3 Å². The molecule has 0 aliphatic carbocycles. The zero-order valence-electron chi connectivity index (χ0n) is 26.0. The molecule has 2 fully saturated rings. The van der Waals surface area contributed by atoms with Gasteiger partial charge in [0.05, 0.1) is 24.5 Å². The average Bonchev–Trinajstić information content (AvgIpc) is 3.60. The molecule has 0 bridgehead atoms. The number of benzene rings is 1. The van der Waals surface area contributed by atoms with Crippen molar-refractivity contribution >= 4 is 44.2 Å². The van der Waals surface area contributed by atoms with Gasteiger partial charge >= 0.3 is 6.18 Å². The minimum absolute atomic E-state index is 0.0643. The van der Waals surface area contributed by atoms with Gasteiger partial charge in [0.15, 0.2) is 0 Å². The van der Waals surface area contributed by atoms with Crippen LogP contribution in [-0.2, 0) is 24.3 Å². The number of likely N-dealkylation sites (tertiary alicyclic amines) is 2. The van der Waals surface area contributed by atoms with E-state index < -0.39 is 18.7 Å². The molecule has 4 aromatic rings. The zero-order chi connectivity index (χ0) is 32.6. The lowest BCUT2D eigenvalue weighted by atomic mass is 9.91. The number of nitrogens with zero attached hydrogens (tertiary/aromatic N) is 6. The lowest BCUT2D eigenvalue weighted by Crippen LogP contribution is -2.41. The molecule has 3 aromatic heterocycles. The van der Waals surface area contributed by atoms with Crippen LogP contribution in [0, 0.1) is 24.2 Å². The van der Waals surface area contributed by atoms with Gasteiger partial charge in [-0.1, -0.05) is 6.07 Å². The largest absolute Gasteiger partial charge is 0.393 e. The molecule has 6 rings (SSSR count). The van der Waals surface area contributed by atoms with E-state index in [1.54, 1.807) is 13.0 Å². The summed E-state index contributed by atoms with van der Waals surface area (Å²) in [6, 6.07) is 10.1. The van der Waals surface area contributed by atoms with Crippen LogP contribution in [-0.4, -0.2) is 79.8 Å². The standard InChI is InChI=1S/C33H38F3N7O2S/c1-20-23(3-4-29-27(20)13-25(16-37)43(29)18-30(45)22-5-11-42(12-6-22)21(2)44)17-41-9-7-24(8-10-41)40-31-28-14-26(15-33(34,35)36)46-32(28)39-19-38-31/h3-4,13-14,19,22,24,30,45H,5-12,15,17-18H2,1-2H3,(H,38,39,40). The Kier molecular flexibility index (Phi) is 9.23. The summed E-state index contributed by atoms with van der Waals surface area (Å²) in [5, 5.41) is 26.1. The normalized spacial score (nSPS) is 17.9. The highest BCUT2D eigenvalue weighted by molar-refractivity contribution is 7.18. The second-order valence-electron chi connectivity index (χ2n) is 12.6. The van der Waals surface area contributed by atoms with Gasteiger partial charge in [-0.15, -0.1) is 11.3 Å². The lowest BCUT2D eigenvalue weighted by Gasteiger charge is -2.34. The number of anilines is 1. The van der Waals surface area contributed by atoms with Gasteiger partial charge in [-0.3, -0.25) is 9.69 Å². The molecule has 1 unspecified atom stereocenters. The number of aryl methyl sites for hydroxylation is 1. The highest BCUT2D eigenvalue weighted by Gasteiger charge is 2.30. The molecule has 1 aromatic carbocycles. The van der Waals surface area contributed by atoms with Crippen LogP contribution in [0.4, 0.5) is 19.0 Å². The van der Waals surface area contributed by atoms with Crippen molar-refractivity contribution in [1.82, 2.24) is 24.3 Å². The second-order valence-corrected chi connectivity index (χ2v) is 13.7. The van der Waals surface area contributed by atoms with Crippen LogP contribution in [0.15, 0.2) is 30.6 Å². The van der Waals surface area contributed by atoms with Crippen molar-refractivity contribution < 1.29 is 23.1 Å². The summed E-state index contributed by atoms with van der Waals surface area (Å²) >= 11 is 1.05. The molecular weight excluding hydrogens is 615 g/mol. The van der Waals surface area contributed by atoms with Gasteiger partial charge in [-0.25, -0.2) is 9.97 Å². The lowest BCUT2D eigenvalue weighted by molar-refractivity contribution is -0.131. The third kappa shape index (κ3) is 6.99. The molecule has 46 heavy (non-hydrogen) atoms. The molecular formula is C33H38F3N7O2S.